The Bertz CT molecular complexity index is 1120. The first kappa shape index (κ1) is 23.6. The summed E-state index contributed by atoms with van der Waals surface area (Å²) < 4.78 is 15.4. The number of halogens is 1. The highest BCUT2D eigenvalue weighted by molar-refractivity contribution is 5.98. The molecule has 3 aromatic rings. The maximum absolute atomic E-state index is 13.6. The number of aliphatic hydroxyl groups is 2. The number of aryl methyl sites for hydroxylation is 1. The van der Waals surface area contributed by atoms with E-state index in [0.717, 1.165) is 33.4 Å². The van der Waals surface area contributed by atoms with Crippen LogP contribution in [0.5, 0.6) is 0 Å². The quantitative estimate of drug-likeness (QED) is 0.464. The number of nitrogens with zero attached hydrogens (tertiary/aromatic N) is 3. The molecule has 3 rings (SSSR count). The van der Waals surface area contributed by atoms with Crippen molar-refractivity contribution in [1.82, 2.24) is 14.8 Å². The van der Waals surface area contributed by atoms with Gasteiger partial charge in [0.2, 0.25) is 0 Å². The van der Waals surface area contributed by atoms with Crippen LogP contribution in [0, 0.1) is 5.82 Å². The number of carbonyl (C=O) groups is 1. The van der Waals surface area contributed by atoms with Crippen LogP contribution in [0.3, 0.4) is 0 Å². The normalized spacial score (nSPS) is 13.8. The van der Waals surface area contributed by atoms with Gasteiger partial charge in [-0.3, -0.25) is 4.79 Å². The van der Waals surface area contributed by atoms with Gasteiger partial charge in [-0.15, -0.1) is 0 Å². The Hall–Kier alpha value is -3.10. The second-order valence-corrected chi connectivity index (χ2v) is 8.06. The van der Waals surface area contributed by atoms with Crippen LogP contribution in [0.1, 0.15) is 50.8 Å². The Labute approximate surface area is 185 Å². The lowest BCUT2D eigenvalue weighted by Crippen LogP contribution is -2.19. The highest BCUT2D eigenvalue weighted by Crippen LogP contribution is 2.36. The largest absolute Gasteiger partial charge is 0.481 e. The number of aliphatic hydroxyl groups excluding tert-OH is 2. The molecule has 0 bridgehead atoms. The van der Waals surface area contributed by atoms with E-state index in [4.69, 9.17) is 10.1 Å². The molecule has 8 heteroatoms. The Morgan fingerprint density at radius 1 is 1.22 bits per heavy atom. The van der Waals surface area contributed by atoms with E-state index in [1.165, 1.54) is 18.2 Å². The fourth-order valence-electron chi connectivity index (χ4n) is 3.74. The highest BCUT2D eigenvalue weighted by Gasteiger charge is 2.20. The third-order valence-electron chi connectivity index (χ3n) is 5.24. The van der Waals surface area contributed by atoms with Gasteiger partial charge in [0.1, 0.15) is 5.82 Å². The summed E-state index contributed by atoms with van der Waals surface area (Å²) in [6, 6.07) is 6.18. The van der Waals surface area contributed by atoms with Crippen molar-refractivity contribution in [2.24, 2.45) is 0 Å². The van der Waals surface area contributed by atoms with Crippen LogP contribution in [0.15, 0.2) is 36.5 Å². The lowest BCUT2D eigenvalue weighted by atomic mass is 9.91. The van der Waals surface area contributed by atoms with E-state index in [1.54, 1.807) is 29.1 Å². The lowest BCUT2D eigenvalue weighted by molar-refractivity contribution is -0.139. The van der Waals surface area contributed by atoms with Gasteiger partial charge in [-0.1, -0.05) is 38.1 Å². The van der Waals surface area contributed by atoms with Crippen LogP contribution in [0.25, 0.3) is 28.2 Å². The summed E-state index contributed by atoms with van der Waals surface area (Å²) >= 11 is 0. The van der Waals surface area contributed by atoms with E-state index in [0.29, 0.717) is 6.54 Å². The van der Waals surface area contributed by atoms with E-state index in [1.807, 2.05) is 20.8 Å². The molecule has 0 aliphatic heterocycles. The smallest absolute Gasteiger partial charge is 0.305 e. The van der Waals surface area contributed by atoms with Crippen LogP contribution >= 0.6 is 0 Å². The molecule has 32 heavy (non-hydrogen) atoms. The molecule has 0 radical (unpaired) electrons. The average molecular weight is 442 g/mol. The standard InChI is InChI=1S/C24H28FN3O4/c1-4-28-24-20(13-26-28)22(15-5-7-16(25)8-6-15)19(23(27-24)14(2)3)10-9-17(29)11-18(30)12-21(31)32/h5-10,13-14,17-18,29-30H,4,11-12H2,1-3H3,(H,31,32). The van der Waals surface area contributed by atoms with Crippen molar-refractivity contribution in [3.63, 3.8) is 0 Å². The van der Waals surface area contributed by atoms with Crippen LogP contribution in [0.4, 0.5) is 4.39 Å². The minimum absolute atomic E-state index is 0.0493. The van der Waals surface area contributed by atoms with Gasteiger partial charge in [0.05, 0.1) is 30.5 Å². The molecule has 1 aromatic carbocycles. The number of hydrogen-bond acceptors (Lipinski definition) is 5. The molecule has 2 atom stereocenters. The average Bonchev–Trinajstić information content (AvgIpc) is 3.14. The van der Waals surface area contributed by atoms with Gasteiger partial charge in [-0.25, -0.2) is 14.1 Å². The van der Waals surface area contributed by atoms with Gasteiger partial charge in [0.25, 0.3) is 0 Å². The zero-order valence-corrected chi connectivity index (χ0v) is 18.4. The highest BCUT2D eigenvalue weighted by atomic mass is 19.1. The van der Waals surface area contributed by atoms with E-state index in [2.05, 4.69) is 5.10 Å². The van der Waals surface area contributed by atoms with Gasteiger partial charge in [0.15, 0.2) is 5.65 Å². The summed E-state index contributed by atoms with van der Waals surface area (Å²) in [7, 11) is 0. The number of rotatable bonds is 9. The molecule has 170 valence electrons. The summed E-state index contributed by atoms with van der Waals surface area (Å²) in [6.45, 7) is 6.65. The molecule has 2 heterocycles. The van der Waals surface area contributed by atoms with E-state index < -0.39 is 24.6 Å². The molecular formula is C24H28FN3O4. The molecule has 7 nitrogen and oxygen atoms in total. The summed E-state index contributed by atoms with van der Waals surface area (Å²) in [5.74, 6) is -1.42. The summed E-state index contributed by atoms with van der Waals surface area (Å²) in [5, 5.41) is 34.2. The van der Waals surface area contributed by atoms with Gasteiger partial charge < -0.3 is 15.3 Å². The van der Waals surface area contributed by atoms with Gasteiger partial charge in [-0.05, 0) is 30.5 Å². The number of aromatic nitrogens is 3. The van der Waals surface area contributed by atoms with Gasteiger partial charge >= 0.3 is 5.97 Å². The molecule has 0 amide bonds. The van der Waals surface area contributed by atoms with Crippen molar-refractivity contribution in [2.45, 2.75) is 58.3 Å². The summed E-state index contributed by atoms with van der Waals surface area (Å²) in [6.07, 6.45) is 2.26. The molecule has 0 aliphatic carbocycles. The number of hydrogen-bond donors (Lipinski definition) is 3. The van der Waals surface area contributed by atoms with Crippen LogP contribution in [-0.2, 0) is 11.3 Å². The third-order valence-corrected chi connectivity index (χ3v) is 5.24. The zero-order valence-electron chi connectivity index (χ0n) is 18.4. The number of carboxylic acid groups (broad SMARTS) is 1. The fourth-order valence-corrected chi connectivity index (χ4v) is 3.74. The Kier molecular flexibility index (Phi) is 7.37. The first-order valence-electron chi connectivity index (χ1n) is 10.6. The second kappa shape index (κ2) is 10.0. The maximum Gasteiger partial charge on any atom is 0.305 e. The third kappa shape index (κ3) is 5.20. The van der Waals surface area contributed by atoms with E-state index in [-0.39, 0.29) is 18.2 Å². The van der Waals surface area contributed by atoms with Crippen molar-refractivity contribution >= 4 is 23.1 Å². The van der Waals surface area contributed by atoms with Crippen molar-refractivity contribution in [3.8, 4) is 11.1 Å². The molecule has 0 fully saturated rings. The molecule has 0 aliphatic rings. The SMILES string of the molecule is CCn1ncc2c(-c3ccc(F)cc3)c(C=CC(O)CC(O)CC(=O)O)c(C(C)C)nc21. The topological polar surface area (TPSA) is 108 Å². The number of pyridine rings is 1. The van der Waals surface area contributed by atoms with Crippen LogP contribution in [-0.4, -0.2) is 48.3 Å². The van der Waals surface area contributed by atoms with E-state index >= 15 is 0 Å². The first-order chi connectivity index (χ1) is 15.2. The fraction of sp³-hybridized carbons (Fsp3) is 0.375. The maximum atomic E-state index is 13.6. The molecule has 2 aromatic heterocycles. The van der Waals surface area contributed by atoms with Crippen LogP contribution in [0.2, 0.25) is 0 Å². The monoisotopic (exact) mass is 441 g/mol. The summed E-state index contributed by atoms with van der Waals surface area (Å²) in [4.78, 5) is 15.6. The number of aliphatic carboxylic acids is 1. The van der Waals surface area contributed by atoms with E-state index in [9.17, 15) is 19.4 Å². The Balaban J connectivity index is 2.14. The number of benzene rings is 1. The molecule has 0 saturated carbocycles. The molecule has 3 N–H and O–H groups in total. The zero-order chi connectivity index (χ0) is 23.4. The minimum atomic E-state index is -1.16. The minimum Gasteiger partial charge on any atom is -0.481 e. The van der Waals surface area contributed by atoms with Crippen molar-refractivity contribution in [1.29, 1.82) is 0 Å². The Morgan fingerprint density at radius 2 is 1.91 bits per heavy atom. The lowest BCUT2D eigenvalue weighted by Gasteiger charge is -2.17. The summed E-state index contributed by atoms with van der Waals surface area (Å²) in [5.41, 5.74) is 3.90. The van der Waals surface area contributed by atoms with Crippen molar-refractivity contribution in [3.05, 3.63) is 53.6 Å². The predicted molar refractivity (Wildman–Crippen MR) is 121 cm³/mol. The molecule has 0 spiro atoms. The first-order valence-corrected chi connectivity index (χ1v) is 10.6. The van der Waals surface area contributed by atoms with Gasteiger partial charge in [0, 0.05) is 29.5 Å². The van der Waals surface area contributed by atoms with Crippen LogP contribution < -0.4 is 0 Å². The van der Waals surface area contributed by atoms with Crippen molar-refractivity contribution in [2.75, 3.05) is 0 Å². The molecular weight excluding hydrogens is 413 g/mol. The predicted octanol–water partition coefficient (Wildman–Crippen LogP) is 3.98. The molecule has 2 unspecified atom stereocenters. The van der Waals surface area contributed by atoms with Gasteiger partial charge in [-0.2, -0.15) is 5.10 Å². The number of fused-ring (bicyclic) bond motifs is 1. The number of carboxylic acids is 1. The second-order valence-electron chi connectivity index (χ2n) is 8.06. The molecule has 0 saturated heterocycles. The van der Waals surface area contributed by atoms with Crippen molar-refractivity contribution < 1.29 is 24.5 Å². The Morgan fingerprint density at radius 3 is 2.50 bits per heavy atom.